The number of amides is 1. The van der Waals surface area contributed by atoms with Crippen LogP contribution in [0.2, 0.25) is 0 Å². The van der Waals surface area contributed by atoms with Crippen molar-refractivity contribution in [3.63, 3.8) is 0 Å². The van der Waals surface area contributed by atoms with Gasteiger partial charge in [0, 0.05) is 24.9 Å². The van der Waals surface area contributed by atoms with Gasteiger partial charge >= 0.3 is 12.6 Å². The van der Waals surface area contributed by atoms with Crippen LogP contribution in [0.4, 0.5) is 8.78 Å². The summed E-state index contributed by atoms with van der Waals surface area (Å²) in [7, 11) is 1.63. The number of ether oxygens (including phenoxy) is 1. The van der Waals surface area contributed by atoms with Crippen molar-refractivity contribution >= 4 is 23.2 Å². The monoisotopic (exact) mass is 369 g/mol. The Balaban J connectivity index is 2.01. The molecule has 0 unspecified atom stereocenters. The average Bonchev–Trinajstić information content (AvgIpc) is 3.03. The largest absolute Gasteiger partial charge is 0.481 e. The van der Waals surface area contributed by atoms with Crippen molar-refractivity contribution in [2.24, 2.45) is 0 Å². The van der Waals surface area contributed by atoms with Crippen LogP contribution in [-0.2, 0) is 4.79 Å². The summed E-state index contributed by atoms with van der Waals surface area (Å²) >= 11 is 1.29. The lowest BCUT2D eigenvalue weighted by Gasteiger charge is -2.15. The number of carbonyl (C=O) groups excluding carboxylic acids is 1. The van der Waals surface area contributed by atoms with E-state index in [9.17, 15) is 18.4 Å². The van der Waals surface area contributed by atoms with Crippen LogP contribution in [0.5, 0.6) is 5.75 Å². The minimum atomic E-state index is -2.87. The molecule has 134 valence electrons. The lowest BCUT2D eigenvalue weighted by molar-refractivity contribution is -0.137. The average molecular weight is 369 g/mol. The molecule has 1 amide bonds. The fraction of sp³-hybridized carbons (Fsp3) is 0.294. The molecule has 0 fully saturated rings. The van der Waals surface area contributed by atoms with Crippen molar-refractivity contribution in [1.29, 1.82) is 0 Å². The predicted octanol–water partition coefficient (Wildman–Crippen LogP) is 3.95. The number of hydrogen-bond donors (Lipinski definition) is 1. The summed E-state index contributed by atoms with van der Waals surface area (Å²) in [5.74, 6) is -0.998. The molecule has 2 rings (SSSR count). The first-order valence-corrected chi connectivity index (χ1v) is 8.31. The Morgan fingerprint density at radius 2 is 1.88 bits per heavy atom. The van der Waals surface area contributed by atoms with Crippen LogP contribution in [0.3, 0.4) is 0 Å². The summed E-state index contributed by atoms with van der Waals surface area (Å²) in [6.07, 6.45) is 0.405. The maximum absolute atomic E-state index is 12.3. The molecule has 0 spiro atoms. The molecule has 0 aliphatic rings. The number of carboxylic acids is 1. The van der Waals surface area contributed by atoms with Gasteiger partial charge in [0.15, 0.2) is 0 Å². The topological polar surface area (TPSA) is 66.8 Å². The third kappa shape index (κ3) is 5.53. The van der Waals surface area contributed by atoms with Crippen molar-refractivity contribution in [3.05, 3.63) is 41.3 Å². The van der Waals surface area contributed by atoms with Gasteiger partial charge in [-0.1, -0.05) is 0 Å². The van der Waals surface area contributed by atoms with E-state index < -0.39 is 12.6 Å². The van der Waals surface area contributed by atoms with Crippen LogP contribution in [0, 0.1) is 0 Å². The lowest BCUT2D eigenvalue weighted by atomic mass is 10.2. The van der Waals surface area contributed by atoms with Gasteiger partial charge in [-0.3, -0.25) is 9.59 Å². The van der Waals surface area contributed by atoms with E-state index in [-0.39, 0.29) is 18.1 Å². The molecular weight excluding hydrogens is 352 g/mol. The smallest absolute Gasteiger partial charge is 0.387 e. The van der Waals surface area contributed by atoms with E-state index in [4.69, 9.17) is 5.11 Å². The number of carboxylic acid groups (broad SMARTS) is 1. The third-order valence-corrected chi connectivity index (χ3v) is 4.53. The first-order valence-electron chi connectivity index (χ1n) is 7.49. The molecule has 1 aromatic heterocycles. The quantitative estimate of drug-likeness (QED) is 0.765. The van der Waals surface area contributed by atoms with E-state index in [2.05, 4.69) is 4.74 Å². The highest BCUT2D eigenvalue weighted by Crippen LogP contribution is 2.30. The number of carbonyl (C=O) groups is 2. The zero-order chi connectivity index (χ0) is 18.4. The molecule has 0 saturated carbocycles. The van der Waals surface area contributed by atoms with Gasteiger partial charge in [-0.15, -0.1) is 11.3 Å². The molecule has 1 aromatic carbocycles. The number of rotatable bonds is 8. The van der Waals surface area contributed by atoms with Crippen LogP contribution in [0.1, 0.15) is 22.5 Å². The van der Waals surface area contributed by atoms with Crippen LogP contribution in [0.15, 0.2) is 36.4 Å². The van der Waals surface area contributed by atoms with Gasteiger partial charge in [0.1, 0.15) is 5.75 Å². The first kappa shape index (κ1) is 18.9. The maximum atomic E-state index is 12.3. The number of aliphatic carboxylic acids is 1. The van der Waals surface area contributed by atoms with Crippen LogP contribution in [-0.4, -0.2) is 42.1 Å². The van der Waals surface area contributed by atoms with E-state index in [1.165, 1.54) is 28.4 Å². The number of hydrogen-bond acceptors (Lipinski definition) is 4. The second kappa shape index (κ2) is 8.57. The molecule has 1 heterocycles. The third-order valence-electron chi connectivity index (χ3n) is 3.41. The summed E-state index contributed by atoms with van der Waals surface area (Å²) < 4.78 is 28.6. The number of halogens is 2. The maximum Gasteiger partial charge on any atom is 0.387 e. The molecule has 0 atom stereocenters. The minimum absolute atomic E-state index is 0.0142. The van der Waals surface area contributed by atoms with Crippen LogP contribution >= 0.6 is 11.3 Å². The Hall–Kier alpha value is -2.48. The number of thiophene rings is 1. The second-order valence-corrected chi connectivity index (χ2v) is 6.37. The molecule has 0 aliphatic carbocycles. The van der Waals surface area contributed by atoms with Crippen molar-refractivity contribution in [3.8, 4) is 16.2 Å². The Labute approximate surface area is 147 Å². The molecular formula is C17H17F2NO4S. The first-order chi connectivity index (χ1) is 11.9. The Bertz CT molecular complexity index is 731. The lowest BCUT2D eigenvalue weighted by Crippen LogP contribution is -2.27. The van der Waals surface area contributed by atoms with E-state index in [0.29, 0.717) is 17.8 Å². The molecule has 5 nitrogen and oxygen atoms in total. The van der Waals surface area contributed by atoms with Gasteiger partial charge in [-0.25, -0.2) is 0 Å². The SMILES string of the molecule is CN(CCCC(=O)O)C(=O)c1ccc(-c2ccc(OC(F)F)cc2)s1. The van der Waals surface area contributed by atoms with Crippen molar-refractivity contribution in [1.82, 2.24) is 4.90 Å². The summed E-state index contributed by atoms with van der Waals surface area (Å²) in [5.41, 5.74) is 0.791. The van der Waals surface area contributed by atoms with Gasteiger partial charge in [0.2, 0.25) is 0 Å². The Kier molecular flexibility index (Phi) is 6.46. The molecule has 8 heteroatoms. The van der Waals surface area contributed by atoms with Gasteiger partial charge in [0.05, 0.1) is 4.88 Å². The highest BCUT2D eigenvalue weighted by Gasteiger charge is 2.15. The summed E-state index contributed by atoms with van der Waals surface area (Å²) in [5, 5.41) is 8.63. The van der Waals surface area contributed by atoms with Gasteiger partial charge in [-0.2, -0.15) is 8.78 Å². The zero-order valence-corrected chi connectivity index (χ0v) is 14.3. The molecule has 1 N–H and O–H groups in total. The van der Waals surface area contributed by atoms with Gasteiger partial charge in [0.25, 0.3) is 5.91 Å². The van der Waals surface area contributed by atoms with Gasteiger partial charge < -0.3 is 14.7 Å². The van der Waals surface area contributed by atoms with E-state index in [1.807, 2.05) is 0 Å². The molecule has 0 radical (unpaired) electrons. The molecule has 2 aromatic rings. The number of alkyl halides is 2. The Morgan fingerprint density at radius 3 is 2.48 bits per heavy atom. The highest BCUT2D eigenvalue weighted by atomic mass is 32.1. The molecule has 0 aliphatic heterocycles. The summed E-state index contributed by atoms with van der Waals surface area (Å²) in [6, 6.07) is 9.66. The van der Waals surface area contributed by atoms with Crippen molar-refractivity contribution < 1.29 is 28.2 Å². The molecule has 25 heavy (non-hydrogen) atoms. The van der Waals surface area contributed by atoms with Gasteiger partial charge in [-0.05, 0) is 48.4 Å². The predicted molar refractivity (Wildman–Crippen MR) is 90.2 cm³/mol. The van der Waals surface area contributed by atoms with E-state index in [1.54, 1.807) is 31.3 Å². The van der Waals surface area contributed by atoms with E-state index >= 15 is 0 Å². The normalized spacial score (nSPS) is 10.7. The fourth-order valence-corrected chi connectivity index (χ4v) is 3.17. The highest BCUT2D eigenvalue weighted by molar-refractivity contribution is 7.17. The fourth-order valence-electron chi connectivity index (χ4n) is 2.17. The summed E-state index contributed by atoms with van der Waals surface area (Å²) in [6.45, 7) is -2.51. The summed E-state index contributed by atoms with van der Waals surface area (Å²) in [4.78, 5) is 25.7. The van der Waals surface area contributed by atoms with Crippen molar-refractivity contribution in [2.45, 2.75) is 19.5 Å². The Morgan fingerprint density at radius 1 is 1.20 bits per heavy atom. The van der Waals surface area contributed by atoms with E-state index in [0.717, 1.165) is 10.4 Å². The molecule has 0 saturated heterocycles. The van der Waals surface area contributed by atoms with Crippen molar-refractivity contribution in [2.75, 3.05) is 13.6 Å². The standard InChI is InChI=1S/C17H17F2NO4S/c1-20(10-2-3-15(21)22)16(23)14-9-8-13(25-14)11-4-6-12(7-5-11)24-17(18)19/h4-9,17H,2-3,10H2,1H3,(H,21,22). The molecule has 0 bridgehead atoms. The zero-order valence-electron chi connectivity index (χ0n) is 13.4. The number of nitrogens with zero attached hydrogens (tertiary/aromatic N) is 1. The van der Waals surface area contributed by atoms with Crippen LogP contribution in [0.25, 0.3) is 10.4 Å². The minimum Gasteiger partial charge on any atom is -0.481 e. The van der Waals surface area contributed by atoms with Crippen LogP contribution < -0.4 is 4.74 Å². The number of benzene rings is 1. The second-order valence-electron chi connectivity index (χ2n) is 5.29.